The second-order valence-electron chi connectivity index (χ2n) is 2.61. The van der Waals surface area contributed by atoms with Crippen molar-refractivity contribution in [3.63, 3.8) is 0 Å². The lowest BCUT2D eigenvalue weighted by atomic mass is 10.3. The van der Waals surface area contributed by atoms with Crippen molar-refractivity contribution in [3.05, 3.63) is 21.0 Å². The Morgan fingerprint density at radius 2 is 2.53 bits per heavy atom. The molecule has 1 aromatic rings. The van der Waals surface area contributed by atoms with Crippen molar-refractivity contribution in [2.75, 3.05) is 13.1 Å². The van der Waals surface area contributed by atoms with E-state index in [0.29, 0.717) is 23.5 Å². The van der Waals surface area contributed by atoms with E-state index < -0.39 is 0 Å². The predicted octanol–water partition coefficient (Wildman–Crippen LogP) is 1.14. The molecule has 0 bridgehead atoms. The molecule has 1 rings (SSSR count). The van der Waals surface area contributed by atoms with Crippen molar-refractivity contribution in [1.82, 2.24) is 14.9 Å². The number of aromatic nitrogens is 2. The Labute approximate surface area is 90.3 Å². The summed E-state index contributed by atoms with van der Waals surface area (Å²) < 4.78 is 3.71. The fourth-order valence-electron chi connectivity index (χ4n) is 0.957. The summed E-state index contributed by atoms with van der Waals surface area (Å²) >= 11 is 1.07. The lowest BCUT2D eigenvalue weighted by molar-refractivity contribution is 0.0958. The van der Waals surface area contributed by atoms with Crippen LogP contribution in [0.3, 0.4) is 0 Å². The maximum absolute atomic E-state index is 11.5. The number of nitrogens with one attached hydrogen (secondary N) is 1. The molecule has 0 atom stereocenters. The third kappa shape index (κ3) is 3.19. The van der Waals surface area contributed by atoms with E-state index in [9.17, 15) is 4.79 Å². The van der Waals surface area contributed by atoms with Gasteiger partial charge in [0.25, 0.3) is 5.91 Å². The monoisotopic (exact) mass is 226 g/mol. The molecule has 0 saturated carbocycles. The normalized spacial score (nSPS) is 9.40. The first-order valence-electron chi connectivity index (χ1n) is 4.39. The highest BCUT2D eigenvalue weighted by Gasteiger charge is 2.13. The summed E-state index contributed by atoms with van der Waals surface area (Å²) in [6.07, 6.45) is 0.676. The van der Waals surface area contributed by atoms with Crippen LogP contribution in [-0.4, -0.2) is 28.6 Å². The Balaban J connectivity index is 2.50. The van der Waals surface area contributed by atoms with Crippen LogP contribution in [0.25, 0.3) is 10.4 Å². The van der Waals surface area contributed by atoms with E-state index >= 15 is 0 Å². The highest BCUT2D eigenvalue weighted by molar-refractivity contribution is 7.08. The second kappa shape index (κ2) is 5.94. The van der Waals surface area contributed by atoms with Crippen molar-refractivity contribution in [2.24, 2.45) is 5.11 Å². The number of carbonyl (C=O) groups is 1. The highest BCUT2D eigenvalue weighted by Crippen LogP contribution is 2.10. The summed E-state index contributed by atoms with van der Waals surface area (Å²) in [5, 5.41) is 9.75. The van der Waals surface area contributed by atoms with Crippen LogP contribution in [0.4, 0.5) is 0 Å². The van der Waals surface area contributed by atoms with Gasteiger partial charge in [0.05, 0.1) is 5.69 Å². The van der Waals surface area contributed by atoms with Gasteiger partial charge in [-0.3, -0.25) is 4.79 Å². The molecule has 80 valence electrons. The van der Waals surface area contributed by atoms with Gasteiger partial charge in [0.1, 0.15) is 4.88 Å². The summed E-state index contributed by atoms with van der Waals surface area (Å²) in [6, 6.07) is 0. The molecule has 1 amide bonds. The lowest BCUT2D eigenvalue weighted by Crippen LogP contribution is -2.25. The first-order valence-corrected chi connectivity index (χ1v) is 5.17. The van der Waals surface area contributed by atoms with Crippen LogP contribution >= 0.6 is 11.5 Å². The third-order valence-electron chi connectivity index (χ3n) is 1.66. The average Bonchev–Trinajstić information content (AvgIpc) is 2.72. The molecule has 0 spiro atoms. The van der Waals surface area contributed by atoms with Crippen LogP contribution in [0.5, 0.6) is 0 Å². The molecule has 0 aliphatic rings. The molecular formula is C7H10N6OS. The molecule has 0 saturated heterocycles. The number of carbonyl (C=O) groups excluding carboxylic acids is 1. The van der Waals surface area contributed by atoms with Crippen LogP contribution in [-0.2, 0) is 6.42 Å². The predicted molar refractivity (Wildman–Crippen MR) is 55.6 cm³/mol. The minimum absolute atomic E-state index is 0.213. The minimum atomic E-state index is -0.213. The molecule has 1 aromatic heterocycles. The van der Waals surface area contributed by atoms with Gasteiger partial charge in [-0.1, -0.05) is 16.5 Å². The van der Waals surface area contributed by atoms with Gasteiger partial charge in [-0.25, -0.2) is 0 Å². The quantitative estimate of drug-likeness (QED) is 0.352. The fraction of sp³-hybridized carbons (Fsp3) is 0.571. The van der Waals surface area contributed by atoms with Gasteiger partial charge < -0.3 is 5.32 Å². The van der Waals surface area contributed by atoms with Crippen LogP contribution in [0.1, 0.15) is 22.3 Å². The number of nitrogens with zero attached hydrogens (tertiary/aromatic N) is 5. The van der Waals surface area contributed by atoms with Gasteiger partial charge in [-0.2, -0.15) is 0 Å². The van der Waals surface area contributed by atoms with Gasteiger partial charge >= 0.3 is 0 Å². The molecule has 0 aliphatic carbocycles. The zero-order valence-electron chi connectivity index (χ0n) is 8.17. The topological polar surface area (TPSA) is 104 Å². The van der Waals surface area contributed by atoms with E-state index in [4.69, 9.17) is 5.53 Å². The van der Waals surface area contributed by atoms with E-state index in [1.807, 2.05) is 6.92 Å². The number of hydrogen-bond donors (Lipinski definition) is 1. The standard InChI is InChI=1S/C7H10N6OS/c1-2-5-6(15-13-11-5)7(14)9-3-4-10-12-8/h2-4H2,1H3,(H,9,14). The summed E-state index contributed by atoms with van der Waals surface area (Å²) in [6.45, 7) is 2.48. The Kier molecular flexibility index (Phi) is 4.52. The molecule has 7 nitrogen and oxygen atoms in total. The summed E-state index contributed by atoms with van der Waals surface area (Å²) in [5.41, 5.74) is 8.72. The van der Waals surface area contributed by atoms with Crippen molar-refractivity contribution in [2.45, 2.75) is 13.3 Å². The number of hydrogen-bond acceptors (Lipinski definition) is 5. The van der Waals surface area contributed by atoms with Crippen molar-refractivity contribution < 1.29 is 4.79 Å². The Morgan fingerprint density at radius 1 is 1.73 bits per heavy atom. The summed E-state index contributed by atoms with van der Waals surface area (Å²) in [5.74, 6) is -0.213. The maximum Gasteiger partial charge on any atom is 0.264 e. The smallest absolute Gasteiger partial charge is 0.264 e. The van der Waals surface area contributed by atoms with E-state index in [0.717, 1.165) is 11.5 Å². The number of amides is 1. The van der Waals surface area contributed by atoms with E-state index in [1.165, 1.54) is 0 Å². The Bertz CT molecular complexity index is 383. The third-order valence-corrected chi connectivity index (χ3v) is 2.42. The second-order valence-corrected chi connectivity index (χ2v) is 3.37. The van der Waals surface area contributed by atoms with Crippen molar-refractivity contribution >= 4 is 17.4 Å². The van der Waals surface area contributed by atoms with Crippen LogP contribution in [0, 0.1) is 0 Å². The fourth-order valence-corrected chi connectivity index (χ4v) is 1.62. The molecule has 1 heterocycles. The summed E-state index contributed by atoms with van der Waals surface area (Å²) in [4.78, 5) is 14.6. The first kappa shape index (κ1) is 11.4. The molecule has 8 heteroatoms. The van der Waals surface area contributed by atoms with Gasteiger partial charge in [0, 0.05) is 18.0 Å². The molecule has 0 aromatic carbocycles. The maximum atomic E-state index is 11.5. The molecule has 0 fully saturated rings. The number of rotatable bonds is 5. The van der Waals surface area contributed by atoms with E-state index in [1.54, 1.807) is 0 Å². The van der Waals surface area contributed by atoms with Gasteiger partial charge in [0.2, 0.25) is 0 Å². The van der Waals surface area contributed by atoms with Crippen molar-refractivity contribution in [3.8, 4) is 0 Å². The van der Waals surface area contributed by atoms with Gasteiger partial charge in [0.15, 0.2) is 0 Å². The summed E-state index contributed by atoms with van der Waals surface area (Å²) in [7, 11) is 0. The highest BCUT2D eigenvalue weighted by atomic mass is 32.1. The first-order chi connectivity index (χ1) is 7.29. The number of aryl methyl sites for hydroxylation is 1. The Hall–Kier alpha value is -1.66. The van der Waals surface area contributed by atoms with E-state index in [2.05, 4.69) is 24.9 Å². The molecule has 0 radical (unpaired) electrons. The van der Waals surface area contributed by atoms with Crippen LogP contribution in [0.2, 0.25) is 0 Å². The van der Waals surface area contributed by atoms with E-state index in [-0.39, 0.29) is 12.5 Å². The Morgan fingerprint density at radius 3 is 3.20 bits per heavy atom. The number of azide groups is 1. The zero-order chi connectivity index (χ0) is 11.1. The molecule has 0 unspecified atom stereocenters. The van der Waals surface area contributed by atoms with Gasteiger partial charge in [-0.15, -0.1) is 5.10 Å². The molecule has 0 aliphatic heterocycles. The molecule has 15 heavy (non-hydrogen) atoms. The molecular weight excluding hydrogens is 216 g/mol. The average molecular weight is 226 g/mol. The largest absolute Gasteiger partial charge is 0.351 e. The lowest BCUT2D eigenvalue weighted by Gasteiger charge is -2.00. The molecule has 1 N–H and O–H groups in total. The van der Waals surface area contributed by atoms with Gasteiger partial charge in [-0.05, 0) is 23.5 Å². The zero-order valence-corrected chi connectivity index (χ0v) is 8.99. The van der Waals surface area contributed by atoms with Crippen LogP contribution in [0.15, 0.2) is 5.11 Å². The SMILES string of the molecule is CCc1nnsc1C(=O)NCCN=[N+]=[N-]. The van der Waals surface area contributed by atoms with Crippen molar-refractivity contribution in [1.29, 1.82) is 0 Å². The van der Waals surface area contributed by atoms with Crippen LogP contribution < -0.4 is 5.32 Å². The minimum Gasteiger partial charge on any atom is -0.351 e.